The molecule has 8 heteroatoms. The summed E-state index contributed by atoms with van der Waals surface area (Å²) in [7, 11) is 0.333. The molecule has 21 heavy (non-hydrogen) atoms. The standard InChI is InChI=1S/C13H19NO6S/c1-9(13(15)20-4)14(21(5,16)17)11-8-10(18-2)6-7-12(11)19-3/h6-9H,1-5H3/t9-/m0/s1. The third kappa shape index (κ3) is 3.78. The van der Waals surface area contributed by atoms with E-state index in [4.69, 9.17) is 9.47 Å². The first-order valence-corrected chi connectivity index (χ1v) is 7.90. The second kappa shape index (κ2) is 6.66. The van der Waals surface area contributed by atoms with E-state index in [1.165, 1.54) is 34.3 Å². The molecule has 0 spiro atoms. The minimum atomic E-state index is -3.73. The Kier molecular flexibility index (Phi) is 5.42. The number of rotatable bonds is 6. The van der Waals surface area contributed by atoms with Crippen molar-refractivity contribution in [1.29, 1.82) is 0 Å². The number of ether oxygens (including phenoxy) is 3. The van der Waals surface area contributed by atoms with E-state index in [0.29, 0.717) is 11.5 Å². The molecule has 0 radical (unpaired) electrons. The topological polar surface area (TPSA) is 82.1 Å². The number of anilines is 1. The van der Waals surface area contributed by atoms with Gasteiger partial charge in [0.15, 0.2) is 0 Å². The second-order valence-corrected chi connectivity index (χ2v) is 6.16. The summed E-state index contributed by atoms with van der Waals surface area (Å²) >= 11 is 0. The van der Waals surface area contributed by atoms with Crippen molar-refractivity contribution in [1.82, 2.24) is 0 Å². The Labute approximate surface area is 124 Å². The molecule has 0 aliphatic heterocycles. The smallest absolute Gasteiger partial charge is 0.329 e. The van der Waals surface area contributed by atoms with Gasteiger partial charge in [0, 0.05) is 6.07 Å². The highest BCUT2D eigenvalue weighted by Crippen LogP contribution is 2.35. The molecule has 0 saturated carbocycles. The lowest BCUT2D eigenvalue weighted by atomic mass is 10.2. The van der Waals surface area contributed by atoms with Crippen LogP contribution in [0.25, 0.3) is 0 Å². The highest BCUT2D eigenvalue weighted by atomic mass is 32.2. The molecule has 7 nitrogen and oxygen atoms in total. The zero-order valence-electron chi connectivity index (χ0n) is 12.6. The third-order valence-corrected chi connectivity index (χ3v) is 4.10. The Hall–Kier alpha value is -1.96. The van der Waals surface area contributed by atoms with Crippen LogP contribution in [0, 0.1) is 0 Å². The van der Waals surface area contributed by atoms with E-state index in [0.717, 1.165) is 10.6 Å². The molecule has 1 rings (SSSR count). The van der Waals surface area contributed by atoms with E-state index in [-0.39, 0.29) is 5.69 Å². The van der Waals surface area contributed by atoms with Gasteiger partial charge in [-0.05, 0) is 19.1 Å². The van der Waals surface area contributed by atoms with Gasteiger partial charge in [0.1, 0.15) is 17.5 Å². The van der Waals surface area contributed by atoms with Crippen LogP contribution in [0.5, 0.6) is 11.5 Å². The Morgan fingerprint density at radius 2 is 1.81 bits per heavy atom. The minimum absolute atomic E-state index is 0.206. The van der Waals surface area contributed by atoms with Gasteiger partial charge in [-0.2, -0.15) is 0 Å². The molecule has 1 aromatic rings. The number of hydrogen-bond acceptors (Lipinski definition) is 6. The Morgan fingerprint density at radius 3 is 2.24 bits per heavy atom. The molecule has 0 heterocycles. The normalized spacial score (nSPS) is 12.4. The maximum Gasteiger partial charge on any atom is 0.329 e. The van der Waals surface area contributed by atoms with Gasteiger partial charge >= 0.3 is 5.97 Å². The van der Waals surface area contributed by atoms with Crippen LogP contribution in [0.4, 0.5) is 5.69 Å². The summed E-state index contributed by atoms with van der Waals surface area (Å²) in [5.41, 5.74) is 0.206. The van der Waals surface area contributed by atoms with Crippen LogP contribution >= 0.6 is 0 Å². The molecule has 0 fully saturated rings. The number of methoxy groups -OCH3 is 3. The average molecular weight is 317 g/mol. The predicted molar refractivity (Wildman–Crippen MR) is 78.3 cm³/mol. The first-order valence-electron chi connectivity index (χ1n) is 6.05. The van der Waals surface area contributed by atoms with Gasteiger partial charge in [0.2, 0.25) is 10.0 Å². The number of sulfonamides is 1. The van der Waals surface area contributed by atoms with Crippen LogP contribution in [0.1, 0.15) is 6.92 Å². The van der Waals surface area contributed by atoms with E-state index < -0.39 is 22.0 Å². The number of carbonyl (C=O) groups excluding carboxylic acids is 1. The minimum Gasteiger partial charge on any atom is -0.497 e. The van der Waals surface area contributed by atoms with Crippen molar-refractivity contribution in [2.75, 3.05) is 31.9 Å². The molecule has 0 aliphatic rings. The summed E-state index contributed by atoms with van der Waals surface area (Å²) in [6.45, 7) is 1.44. The third-order valence-electron chi connectivity index (χ3n) is 2.87. The van der Waals surface area contributed by atoms with E-state index in [1.54, 1.807) is 12.1 Å². The molecule has 0 saturated heterocycles. The van der Waals surface area contributed by atoms with Gasteiger partial charge in [-0.3, -0.25) is 4.31 Å². The van der Waals surface area contributed by atoms with Crippen LogP contribution < -0.4 is 13.8 Å². The SMILES string of the molecule is COC(=O)[C@H](C)N(c1cc(OC)ccc1OC)S(C)(=O)=O. The predicted octanol–water partition coefficient (Wildman–Crippen LogP) is 1.03. The summed E-state index contributed by atoms with van der Waals surface area (Å²) < 4.78 is 40.0. The molecule has 1 aromatic carbocycles. The number of nitrogens with zero attached hydrogens (tertiary/aromatic N) is 1. The van der Waals surface area contributed by atoms with Crippen LogP contribution in [0.3, 0.4) is 0 Å². The zero-order chi connectivity index (χ0) is 16.2. The number of esters is 1. The lowest BCUT2D eigenvalue weighted by molar-refractivity contribution is -0.141. The van der Waals surface area contributed by atoms with Crippen LogP contribution in [0.2, 0.25) is 0 Å². The molecule has 118 valence electrons. The zero-order valence-corrected chi connectivity index (χ0v) is 13.4. The monoisotopic (exact) mass is 317 g/mol. The molecule has 0 aliphatic carbocycles. The molecule has 1 atom stereocenters. The summed E-state index contributed by atoms with van der Waals surface area (Å²) in [6, 6.07) is 3.65. The molecule has 0 aromatic heterocycles. The second-order valence-electron chi connectivity index (χ2n) is 4.30. The lowest BCUT2D eigenvalue weighted by Crippen LogP contribution is -2.43. The first-order chi connectivity index (χ1) is 9.76. The van der Waals surface area contributed by atoms with Gasteiger partial charge in [-0.1, -0.05) is 0 Å². The van der Waals surface area contributed by atoms with Crippen molar-refractivity contribution >= 4 is 21.7 Å². The first kappa shape index (κ1) is 17.1. The van der Waals surface area contributed by atoms with Gasteiger partial charge in [-0.25, -0.2) is 13.2 Å². The van der Waals surface area contributed by atoms with Gasteiger partial charge in [-0.15, -0.1) is 0 Å². The fraction of sp³-hybridized carbons (Fsp3) is 0.462. The van der Waals surface area contributed by atoms with Gasteiger partial charge < -0.3 is 14.2 Å². The van der Waals surface area contributed by atoms with Crippen LogP contribution in [-0.2, 0) is 19.6 Å². The van der Waals surface area contributed by atoms with Crippen molar-refractivity contribution in [3.63, 3.8) is 0 Å². The quantitative estimate of drug-likeness (QED) is 0.729. The molecular weight excluding hydrogens is 298 g/mol. The average Bonchev–Trinajstić information content (AvgIpc) is 2.44. The maximum atomic E-state index is 12.1. The largest absolute Gasteiger partial charge is 0.497 e. The van der Waals surface area contributed by atoms with Crippen LogP contribution in [-0.4, -0.2) is 48.0 Å². The summed E-state index contributed by atoms with van der Waals surface area (Å²) in [5, 5.41) is 0. The fourth-order valence-corrected chi connectivity index (χ4v) is 3.07. The van der Waals surface area contributed by atoms with Gasteiger partial charge in [0.25, 0.3) is 0 Å². The van der Waals surface area contributed by atoms with E-state index in [9.17, 15) is 13.2 Å². The van der Waals surface area contributed by atoms with E-state index in [2.05, 4.69) is 4.74 Å². The molecular formula is C13H19NO6S. The Morgan fingerprint density at radius 1 is 1.19 bits per heavy atom. The van der Waals surface area contributed by atoms with Crippen molar-refractivity contribution < 1.29 is 27.4 Å². The molecule has 0 amide bonds. The van der Waals surface area contributed by atoms with E-state index >= 15 is 0 Å². The highest BCUT2D eigenvalue weighted by molar-refractivity contribution is 7.92. The Bertz CT molecular complexity index is 613. The summed E-state index contributed by atoms with van der Waals surface area (Å²) in [6.07, 6.45) is 1.01. The van der Waals surface area contributed by atoms with Crippen molar-refractivity contribution in [2.45, 2.75) is 13.0 Å². The highest BCUT2D eigenvalue weighted by Gasteiger charge is 2.32. The maximum absolute atomic E-state index is 12.1. The van der Waals surface area contributed by atoms with E-state index in [1.807, 2.05) is 0 Å². The fourth-order valence-electron chi connectivity index (χ4n) is 1.91. The Balaban J connectivity index is 3.49. The van der Waals surface area contributed by atoms with Crippen molar-refractivity contribution in [3.05, 3.63) is 18.2 Å². The van der Waals surface area contributed by atoms with Crippen LogP contribution in [0.15, 0.2) is 18.2 Å². The molecule has 0 unspecified atom stereocenters. The number of carbonyl (C=O) groups is 1. The molecule has 0 bridgehead atoms. The summed E-state index contributed by atoms with van der Waals surface area (Å²) in [4.78, 5) is 11.7. The van der Waals surface area contributed by atoms with Gasteiger partial charge in [0.05, 0.1) is 33.3 Å². The van der Waals surface area contributed by atoms with Crippen molar-refractivity contribution in [3.8, 4) is 11.5 Å². The summed E-state index contributed by atoms with van der Waals surface area (Å²) in [5.74, 6) is 0.0683. The number of benzene rings is 1. The van der Waals surface area contributed by atoms with Crippen molar-refractivity contribution in [2.24, 2.45) is 0 Å². The number of hydrogen-bond donors (Lipinski definition) is 0. The lowest BCUT2D eigenvalue weighted by Gasteiger charge is -2.28. The molecule has 0 N–H and O–H groups in total.